The number of alkyl halides is 2. The van der Waals surface area contributed by atoms with E-state index in [9.17, 15) is 13.6 Å². The lowest BCUT2D eigenvalue weighted by molar-refractivity contribution is -0.0512. The molecule has 128 valence electrons. The van der Waals surface area contributed by atoms with Gasteiger partial charge in [0.05, 0.1) is 13.2 Å². The van der Waals surface area contributed by atoms with Gasteiger partial charge in [0.2, 0.25) is 0 Å². The summed E-state index contributed by atoms with van der Waals surface area (Å²) in [6, 6.07) is 6.37. The zero-order valence-corrected chi connectivity index (χ0v) is 13.9. The summed E-state index contributed by atoms with van der Waals surface area (Å²) in [6.07, 6.45) is 1.86. The fraction of sp³-hybridized carbons (Fsp3) is 0.353. The van der Waals surface area contributed by atoms with Crippen LogP contribution in [0.3, 0.4) is 0 Å². The molecule has 0 bridgehead atoms. The maximum absolute atomic E-state index is 12.8. The number of amides is 1. The third kappa shape index (κ3) is 3.36. The van der Waals surface area contributed by atoms with Gasteiger partial charge in [-0.05, 0) is 53.4 Å². The van der Waals surface area contributed by atoms with Crippen LogP contribution in [-0.2, 0) is 0 Å². The van der Waals surface area contributed by atoms with E-state index in [0.29, 0.717) is 12.1 Å². The van der Waals surface area contributed by atoms with Crippen LogP contribution in [0.4, 0.5) is 8.78 Å². The Morgan fingerprint density at radius 3 is 2.83 bits per heavy atom. The smallest absolute Gasteiger partial charge is 0.387 e. The monoisotopic (exact) mass is 353 g/mol. The number of hydrogen-bond donors (Lipinski definition) is 0. The standard InChI is InChI=1S/C17H17F2NO3S/c1-22-15-9-11(4-5-14(15)23-17(18)19)16(21)20-7-2-3-13(20)12-6-8-24-10-12/h4-6,8-10,13,17H,2-3,7H2,1H3. The Bertz CT molecular complexity index is 706. The minimum absolute atomic E-state index is 0.0618. The molecule has 2 aromatic rings. The normalized spacial score (nSPS) is 17.3. The molecule has 0 spiro atoms. The molecule has 1 atom stereocenters. The van der Waals surface area contributed by atoms with Crippen LogP contribution in [0, 0.1) is 0 Å². The van der Waals surface area contributed by atoms with Crippen LogP contribution >= 0.6 is 11.3 Å². The lowest BCUT2D eigenvalue weighted by Gasteiger charge is -2.24. The minimum Gasteiger partial charge on any atom is -0.493 e. The third-order valence-electron chi connectivity index (χ3n) is 4.07. The van der Waals surface area contributed by atoms with Gasteiger partial charge in [0.25, 0.3) is 5.91 Å². The quantitative estimate of drug-likeness (QED) is 0.803. The van der Waals surface area contributed by atoms with E-state index in [1.165, 1.54) is 25.3 Å². The highest BCUT2D eigenvalue weighted by Gasteiger charge is 2.31. The SMILES string of the molecule is COc1cc(C(=O)N2CCCC2c2ccsc2)ccc1OC(F)F. The van der Waals surface area contributed by atoms with Gasteiger partial charge in [0.15, 0.2) is 11.5 Å². The van der Waals surface area contributed by atoms with Crippen LogP contribution in [0.25, 0.3) is 0 Å². The average Bonchev–Trinajstić information content (AvgIpc) is 3.24. The summed E-state index contributed by atoms with van der Waals surface area (Å²) >= 11 is 1.60. The van der Waals surface area contributed by atoms with Gasteiger partial charge in [-0.25, -0.2) is 0 Å². The van der Waals surface area contributed by atoms with Gasteiger partial charge < -0.3 is 14.4 Å². The van der Waals surface area contributed by atoms with Crippen molar-refractivity contribution in [3.8, 4) is 11.5 Å². The topological polar surface area (TPSA) is 38.8 Å². The third-order valence-corrected chi connectivity index (χ3v) is 4.77. The first-order valence-corrected chi connectivity index (χ1v) is 8.50. The number of hydrogen-bond acceptors (Lipinski definition) is 4. The molecule has 1 aromatic carbocycles. The lowest BCUT2D eigenvalue weighted by atomic mass is 10.1. The second-order valence-corrected chi connectivity index (χ2v) is 6.24. The molecule has 1 aliphatic rings. The van der Waals surface area contributed by atoms with Crippen molar-refractivity contribution in [1.29, 1.82) is 0 Å². The number of ether oxygens (including phenoxy) is 2. The van der Waals surface area contributed by atoms with Crippen LogP contribution in [0.5, 0.6) is 11.5 Å². The lowest BCUT2D eigenvalue weighted by Crippen LogP contribution is -2.30. The summed E-state index contributed by atoms with van der Waals surface area (Å²) < 4.78 is 34.3. The number of thiophene rings is 1. The fourth-order valence-corrected chi connectivity index (χ4v) is 3.69. The number of halogens is 2. The molecule has 1 saturated heterocycles. The van der Waals surface area contributed by atoms with Crippen LogP contribution in [0.2, 0.25) is 0 Å². The minimum atomic E-state index is -2.94. The molecule has 4 nitrogen and oxygen atoms in total. The summed E-state index contributed by atoms with van der Waals surface area (Å²) in [4.78, 5) is 14.7. The number of rotatable bonds is 5. The Morgan fingerprint density at radius 1 is 1.33 bits per heavy atom. The highest BCUT2D eigenvalue weighted by molar-refractivity contribution is 7.08. The van der Waals surface area contributed by atoms with Crippen molar-refractivity contribution >= 4 is 17.2 Å². The highest BCUT2D eigenvalue weighted by atomic mass is 32.1. The molecule has 1 aromatic heterocycles. The van der Waals surface area contributed by atoms with Crippen molar-refractivity contribution in [2.24, 2.45) is 0 Å². The van der Waals surface area contributed by atoms with Gasteiger partial charge in [0.1, 0.15) is 0 Å². The number of carbonyl (C=O) groups excluding carboxylic acids is 1. The van der Waals surface area contributed by atoms with Crippen molar-refractivity contribution in [3.05, 3.63) is 46.2 Å². The van der Waals surface area contributed by atoms with Gasteiger partial charge >= 0.3 is 6.61 Å². The van der Waals surface area contributed by atoms with Gasteiger partial charge in [-0.15, -0.1) is 0 Å². The van der Waals surface area contributed by atoms with Crippen molar-refractivity contribution in [2.75, 3.05) is 13.7 Å². The van der Waals surface area contributed by atoms with Crippen LogP contribution in [-0.4, -0.2) is 31.1 Å². The summed E-state index contributed by atoms with van der Waals surface area (Å²) in [5.41, 5.74) is 1.53. The molecule has 2 heterocycles. The molecule has 0 saturated carbocycles. The van der Waals surface area contributed by atoms with E-state index < -0.39 is 6.61 Å². The van der Waals surface area contributed by atoms with Crippen molar-refractivity contribution < 1.29 is 23.0 Å². The van der Waals surface area contributed by atoms with Gasteiger partial charge in [-0.2, -0.15) is 20.1 Å². The molecule has 0 aliphatic carbocycles. The van der Waals surface area contributed by atoms with E-state index in [0.717, 1.165) is 18.4 Å². The zero-order valence-electron chi connectivity index (χ0n) is 13.1. The van der Waals surface area contributed by atoms with Crippen LogP contribution in [0.1, 0.15) is 34.8 Å². The molecule has 1 unspecified atom stereocenters. The molecule has 24 heavy (non-hydrogen) atoms. The van der Waals surface area contributed by atoms with E-state index in [1.54, 1.807) is 11.3 Å². The van der Waals surface area contributed by atoms with Gasteiger partial charge in [-0.1, -0.05) is 0 Å². The molecule has 7 heteroatoms. The molecule has 1 amide bonds. The number of likely N-dealkylation sites (tertiary alicyclic amines) is 1. The number of carbonyl (C=O) groups is 1. The number of benzene rings is 1. The molecular formula is C17H17F2NO3S. The maximum Gasteiger partial charge on any atom is 0.387 e. The van der Waals surface area contributed by atoms with Crippen molar-refractivity contribution in [2.45, 2.75) is 25.5 Å². The summed E-state index contributed by atoms with van der Waals surface area (Å²) in [6.45, 7) is -2.27. The van der Waals surface area contributed by atoms with E-state index in [-0.39, 0.29) is 23.4 Å². The van der Waals surface area contributed by atoms with Crippen molar-refractivity contribution in [1.82, 2.24) is 4.90 Å². The Balaban J connectivity index is 1.84. The largest absolute Gasteiger partial charge is 0.493 e. The molecule has 1 fully saturated rings. The van der Waals surface area contributed by atoms with E-state index in [1.807, 2.05) is 16.3 Å². The van der Waals surface area contributed by atoms with Crippen molar-refractivity contribution in [3.63, 3.8) is 0 Å². The zero-order chi connectivity index (χ0) is 17.1. The second-order valence-electron chi connectivity index (χ2n) is 5.46. The van der Waals surface area contributed by atoms with E-state index in [2.05, 4.69) is 10.1 Å². The average molecular weight is 353 g/mol. The van der Waals surface area contributed by atoms with Crippen LogP contribution in [0.15, 0.2) is 35.0 Å². The predicted molar refractivity (Wildman–Crippen MR) is 87.0 cm³/mol. The maximum atomic E-state index is 12.8. The molecule has 0 N–H and O–H groups in total. The predicted octanol–water partition coefficient (Wildman–Crippen LogP) is 4.34. The van der Waals surface area contributed by atoms with E-state index in [4.69, 9.17) is 4.74 Å². The first-order chi connectivity index (χ1) is 11.6. The summed E-state index contributed by atoms with van der Waals surface area (Å²) in [5, 5.41) is 4.05. The molecule has 3 rings (SSSR count). The molecule has 1 aliphatic heterocycles. The van der Waals surface area contributed by atoms with Gasteiger partial charge in [-0.3, -0.25) is 4.79 Å². The Hall–Kier alpha value is -2.15. The Morgan fingerprint density at radius 2 is 2.17 bits per heavy atom. The first-order valence-electron chi connectivity index (χ1n) is 7.56. The van der Waals surface area contributed by atoms with E-state index >= 15 is 0 Å². The Kier molecular flexibility index (Phi) is 4.99. The van der Waals surface area contributed by atoms with Crippen LogP contribution < -0.4 is 9.47 Å². The molecule has 0 radical (unpaired) electrons. The number of methoxy groups -OCH3 is 1. The summed E-state index contributed by atoms with van der Waals surface area (Å²) in [5.74, 6) is -0.0992. The fourth-order valence-electron chi connectivity index (χ4n) is 2.98. The molecular weight excluding hydrogens is 336 g/mol. The van der Waals surface area contributed by atoms with Gasteiger partial charge in [0, 0.05) is 12.1 Å². The number of nitrogens with zero attached hydrogens (tertiary/aromatic N) is 1. The summed E-state index contributed by atoms with van der Waals surface area (Å²) in [7, 11) is 1.35. The highest BCUT2D eigenvalue weighted by Crippen LogP contribution is 2.36. The first kappa shape index (κ1) is 16.7. The second kappa shape index (κ2) is 7.17. The Labute approximate surface area is 142 Å².